The molecule has 2 heterocycles. The van der Waals surface area contributed by atoms with Crippen LogP contribution in [0.1, 0.15) is 46.0 Å². The van der Waals surface area contributed by atoms with Gasteiger partial charge in [0, 0.05) is 29.1 Å². The Morgan fingerprint density at radius 3 is 2.69 bits per heavy atom. The molecular formula is C16H13Cl2N5O3. The van der Waals surface area contributed by atoms with Gasteiger partial charge in [0.2, 0.25) is 0 Å². The Hall–Kier alpha value is -2.45. The molecule has 1 fully saturated rings. The lowest BCUT2D eigenvalue weighted by Crippen LogP contribution is -2.24. The van der Waals surface area contributed by atoms with Gasteiger partial charge in [-0.3, -0.25) is 4.79 Å². The molecule has 4 rings (SSSR count). The molecule has 1 aliphatic rings. The first-order chi connectivity index (χ1) is 12.5. The van der Waals surface area contributed by atoms with Crippen LogP contribution in [0, 0.1) is 0 Å². The summed E-state index contributed by atoms with van der Waals surface area (Å²) in [5.41, 5.74) is 0.683. The summed E-state index contributed by atoms with van der Waals surface area (Å²) in [4.78, 5) is 24.9. The number of carbonyl (C=O) groups is 1. The van der Waals surface area contributed by atoms with Gasteiger partial charge in [0.15, 0.2) is 11.5 Å². The molecule has 10 heteroatoms. The van der Waals surface area contributed by atoms with Crippen molar-refractivity contribution in [3.05, 3.63) is 61.3 Å². The molecule has 0 bridgehead atoms. The zero-order valence-corrected chi connectivity index (χ0v) is 15.2. The smallest absolute Gasteiger partial charge is 0.360 e. The topological polar surface area (TPSA) is 95.8 Å². The van der Waals surface area contributed by atoms with Crippen molar-refractivity contribution in [3.8, 4) is 0 Å². The second kappa shape index (κ2) is 6.37. The highest BCUT2D eigenvalue weighted by Crippen LogP contribution is 2.42. The SMILES string of the molecule is Cn1nnn(Cc2c(Cl)ccc(C(=O)c3cnoc3C3CC3)c2Cl)c1=O. The quantitative estimate of drug-likeness (QED) is 0.617. The summed E-state index contributed by atoms with van der Waals surface area (Å²) in [5.74, 6) is 0.537. The van der Waals surface area contributed by atoms with Gasteiger partial charge in [0.25, 0.3) is 0 Å². The number of benzene rings is 1. The number of nitrogens with zero attached hydrogens (tertiary/aromatic N) is 5. The third kappa shape index (κ3) is 2.85. The number of rotatable bonds is 5. The first kappa shape index (κ1) is 17.0. The van der Waals surface area contributed by atoms with Crippen LogP contribution in [0.4, 0.5) is 0 Å². The molecule has 0 spiro atoms. The molecule has 0 amide bonds. The lowest BCUT2D eigenvalue weighted by Gasteiger charge is -2.10. The van der Waals surface area contributed by atoms with Crippen molar-refractivity contribution in [3.63, 3.8) is 0 Å². The van der Waals surface area contributed by atoms with Gasteiger partial charge in [-0.15, -0.1) is 0 Å². The summed E-state index contributed by atoms with van der Waals surface area (Å²) in [6.07, 6.45) is 3.36. The Kier molecular flexibility index (Phi) is 4.16. The first-order valence-electron chi connectivity index (χ1n) is 7.90. The molecule has 0 N–H and O–H groups in total. The number of halogens is 2. The summed E-state index contributed by atoms with van der Waals surface area (Å²) in [6.45, 7) is 0.00454. The molecule has 1 aliphatic carbocycles. The molecule has 8 nitrogen and oxygen atoms in total. The van der Waals surface area contributed by atoms with Crippen molar-refractivity contribution in [1.29, 1.82) is 0 Å². The van der Waals surface area contributed by atoms with E-state index in [0.717, 1.165) is 22.2 Å². The maximum atomic E-state index is 12.9. The molecule has 134 valence electrons. The number of tetrazole rings is 1. The fraction of sp³-hybridized carbons (Fsp3) is 0.312. The predicted octanol–water partition coefficient (Wildman–Crippen LogP) is 2.43. The van der Waals surface area contributed by atoms with E-state index in [1.807, 2.05) is 0 Å². The molecular weight excluding hydrogens is 381 g/mol. The van der Waals surface area contributed by atoms with E-state index in [4.69, 9.17) is 27.7 Å². The van der Waals surface area contributed by atoms with Crippen LogP contribution in [0.25, 0.3) is 0 Å². The number of hydrogen-bond donors (Lipinski definition) is 0. The fourth-order valence-electron chi connectivity index (χ4n) is 2.72. The first-order valence-corrected chi connectivity index (χ1v) is 8.66. The van der Waals surface area contributed by atoms with E-state index in [-0.39, 0.29) is 28.8 Å². The summed E-state index contributed by atoms with van der Waals surface area (Å²) in [7, 11) is 1.49. The van der Waals surface area contributed by atoms with Crippen LogP contribution in [-0.2, 0) is 13.6 Å². The Morgan fingerprint density at radius 2 is 2.04 bits per heavy atom. The van der Waals surface area contributed by atoms with Gasteiger partial charge in [0.1, 0.15) is 0 Å². The highest BCUT2D eigenvalue weighted by Gasteiger charge is 2.33. The second-order valence-corrected chi connectivity index (χ2v) is 6.92. The molecule has 0 atom stereocenters. The minimum absolute atomic E-state index is 0.00454. The average molecular weight is 394 g/mol. The van der Waals surface area contributed by atoms with E-state index >= 15 is 0 Å². The third-order valence-corrected chi connectivity index (χ3v) is 5.10. The van der Waals surface area contributed by atoms with E-state index < -0.39 is 5.69 Å². The lowest BCUT2D eigenvalue weighted by atomic mass is 10.0. The van der Waals surface area contributed by atoms with E-state index in [1.54, 1.807) is 12.1 Å². The highest BCUT2D eigenvalue weighted by molar-refractivity contribution is 6.38. The highest BCUT2D eigenvalue weighted by atomic mass is 35.5. The summed E-state index contributed by atoms with van der Waals surface area (Å²) >= 11 is 12.7. The van der Waals surface area contributed by atoms with Crippen molar-refractivity contribution in [2.45, 2.75) is 25.3 Å². The van der Waals surface area contributed by atoms with Crippen LogP contribution in [-0.4, -0.2) is 30.7 Å². The number of hydrogen-bond acceptors (Lipinski definition) is 6. The molecule has 0 radical (unpaired) electrons. The molecule has 3 aromatic rings. The van der Waals surface area contributed by atoms with Crippen LogP contribution in [0.3, 0.4) is 0 Å². The van der Waals surface area contributed by atoms with E-state index in [1.165, 1.54) is 13.2 Å². The maximum Gasteiger partial charge on any atom is 0.363 e. The van der Waals surface area contributed by atoms with Crippen molar-refractivity contribution in [2.75, 3.05) is 0 Å². The summed E-state index contributed by atoms with van der Waals surface area (Å²) in [5, 5.41) is 11.7. The van der Waals surface area contributed by atoms with Crippen molar-refractivity contribution < 1.29 is 9.32 Å². The van der Waals surface area contributed by atoms with Crippen LogP contribution in [0.2, 0.25) is 10.0 Å². The number of carbonyl (C=O) groups excluding carboxylic acids is 1. The van der Waals surface area contributed by atoms with Gasteiger partial charge >= 0.3 is 5.69 Å². The minimum atomic E-state index is -0.413. The number of aromatic nitrogens is 5. The molecule has 0 saturated heterocycles. The zero-order chi connectivity index (χ0) is 18.4. The molecule has 2 aromatic heterocycles. The summed E-state index contributed by atoms with van der Waals surface area (Å²) in [6, 6.07) is 3.13. The molecule has 1 saturated carbocycles. The zero-order valence-electron chi connectivity index (χ0n) is 13.6. The van der Waals surface area contributed by atoms with Gasteiger partial charge in [-0.25, -0.2) is 4.79 Å². The van der Waals surface area contributed by atoms with Crippen molar-refractivity contribution in [1.82, 2.24) is 24.9 Å². The average Bonchev–Trinajstić information content (AvgIpc) is 3.27. The Labute approximate surface area is 157 Å². The summed E-state index contributed by atoms with van der Waals surface area (Å²) < 4.78 is 7.45. The minimum Gasteiger partial charge on any atom is -0.360 e. The van der Waals surface area contributed by atoms with Gasteiger partial charge in [-0.05, 0) is 35.4 Å². The molecule has 26 heavy (non-hydrogen) atoms. The van der Waals surface area contributed by atoms with E-state index in [0.29, 0.717) is 21.9 Å². The number of ketones is 1. The number of aryl methyl sites for hydroxylation is 1. The fourth-order valence-corrected chi connectivity index (χ4v) is 3.30. The monoisotopic (exact) mass is 393 g/mol. The van der Waals surface area contributed by atoms with Crippen LogP contribution < -0.4 is 5.69 Å². The van der Waals surface area contributed by atoms with E-state index in [9.17, 15) is 9.59 Å². The van der Waals surface area contributed by atoms with Crippen LogP contribution >= 0.6 is 23.2 Å². The Bertz CT molecular complexity index is 1060. The lowest BCUT2D eigenvalue weighted by molar-refractivity contribution is 0.103. The largest absolute Gasteiger partial charge is 0.363 e. The molecule has 0 aliphatic heterocycles. The molecule has 1 aromatic carbocycles. The van der Waals surface area contributed by atoms with Gasteiger partial charge in [0.05, 0.1) is 23.3 Å². The second-order valence-electron chi connectivity index (χ2n) is 6.14. The maximum absolute atomic E-state index is 12.9. The standard InChI is InChI=1S/C16H13Cl2N5O3/c1-22-16(25)23(21-20-22)7-11-12(17)5-4-9(13(11)18)14(24)10-6-19-26-15(10)8-2-3-8/h4-6,8H,2-3,7H2,1H3. The third-order valence-electron chi connectivity index (χ3n) is 4.31. The van der Waals surface area contributed by atoms with Crippen molar-refractivity contribution >= 4 is 29.0 Å². The van der Waals surface area contributed by atoms with Gasteiger partial charge in [-0.2, -0.15) is 9.36 Å². The van der Waals surface area contributed by atoms with Crippen molar-refractivity contribution in [2.24, 2.45) is 7.05 Å². The Balaban J connectivity index is 1.74. The van der Waals surface area contributed by atoms with E-state index in [2.05, 4.69) is 15.6 Å². The van der Waals surface area contributed by atoms with Gasteiger partial charge in [-0.1, -0.05) is 28.4 Å². The normalized spacial score (nSPS) is 14.0. The van der Waals surface area contributed by atoms with Crippen LogP contribution in [0.15, 0.2) is 27.6 Å². The van der Waals surface area contributed by atoms with Crippen LogP contribution in [0.5, 0.6) is 0 Å². The predicted molar refractivity (Wildman–Crippen MR) is 92.7 cm³/mol. The Morgan fingerprint density at radius 1 is 1.27 bits per heavy atom. The molecule has 0 unspecified atom stereocenters. The van der Waals surface area contributed by atoms with Gasteiger partial charge < -0.3 is 4.52 Å².